The van der Waals surface area contributed by atoms with Crippen molar-refractivity contribution >= 4 is 11.5 Å². The Kier molecular flexibility index (Phi) is 3.06. The van der Waals surface area contributed by atoms with Gasteiger partial charge in [-0.3, -0.25) is 4.68 Å². The fraction of sp³-hybridized carbons (Fsp3) is 0.462. The van der Waals surface area contributed by atoms with Crippen molar-refractivity contribution in [3.8, 4) is 0 Å². The van der Waals surface area contributed by atoms with E-state index in [-0.39, 0.29) is 0 Å². The summed E-state index contributed by atoms with van der Waals surface area (Å²) in [6, 6.07) is 2.04. The van der Waals surface area contributed by atoms with Gasteiger partial charge in [0.2, 0.25) is 0 Å². The minimum atomic E-state index is 0.978. The Morgan fingerprint density at radius 3 is 2.42 bits per heavy atom. The number of piperazine rings is 1. The molecule has 0 unspecified atom stereocenters. The Morgan fingerprint density at radius 1 is 1.05 bits per heavy atom. The number of rotatable bonds is 2. The van der Waals surface area contributed by atoms with Crippen molar-refractivity contribution in [1.29, 1.82) is 0 Å². The van der Waals surface area contributed by atoms with E-state index in [0.717, 1.165) is 37.7 Å². The minimum absolute atomic E-state index is 0.978. The first kappa shape index (κ1) is 12.0. The number of hydrogen-bond acceptors (Lipinski definition) is 5. The van der Waals surface area contributed by atoms with Gasteiger partial charge in [0.1, 0.15) is 12.1 Å². The lowest BCUT2D eigenvalue weighted by Crippen LogP contribution is -2.46. The van der Waals surface area contributed by atoms with Crippen LogP contribution < -0.4 is 9.80 Å². The molecule has 1 saturated heterocycles. The molecule has 1 fully saturated rings. The summed E-state index contributed by atoms with van der Waals surface area (Å²) in [5.74, 6) is 1.03. The number of aryl methyl sites for hydroxylation is 2. The molecule has 0 amide bonds. The van der Waals surface area contributed by atoms with Gasteiger partial charge in [-0.15, -0.1) is 0 Å². The van der Waals surface area contributed by atoms with Crippen molar-refractivity contribution in [2.24, 2.45) is 7.05 Å². The Labute approximate surface area is 112 Å². The minimum Gasteiger partial charge on any atom is -0.365 e. The average molecular weight is 258 g/mol. The predicted octanol–water partition coefficient (Wildman–Crippen LogP) is 0.845. The molecule has 2 aromatic heterocycles. The zero-order valence-electron chi connectivity index (χ0n) is 11.3. The molecule has 3 heterocycles. The largest absolute Gasteiger partial charge is 0.365 e. The van der Waals surface area contributed by atoms with Crippen molar-refractivity contribution in [2.45, 2.75) is 6.92 Å². The molecular formula is C13H18N6. The van der Waals surface area contributed by atoms with Gasteiger partial charge in [-0.25, -0.2) is 9.97 Å². The van der Waals surface area contributed by atoms with Gasteiger partial charge in [-0.1, -0.05) is 0 Å². The lowest BCUT2D eigenvalue weighted by atomic mass is 10.3. The Balaban J connectivity index is 1.66. The quantitative estimate of drug-likeness (QED) is 0.799. The highest BCUT2D eigenvalue weighted by atomic mass is 15.3. The van der Waals surface area contributed by atoms with Crippen molar-refractivity contribution in [2.75, 3.05) is 36.0 Å². The van der Waals surface area contributed by atoms with Crippen molar-refractivity contribution in [1.82, 2.24) is 19.7 Å². The maximum atomic E-state index is 4.34. The highest BCUT2D eigenvalue weighted by Crippen LogP contribution is 2.18. The van der Waals surface area contributed by atoms with Crippen LogP contribution in [0.5, 0.6) is 0 Å². The fourth-order valence-electron chi connectivity index (χ4n) is 2.38. The lowest BCUT2D eigenvalue weighted by molar-refractivity contribution is 0.646. The molecular weight excluding hydrogens is 240 g/mol. The highest BCUT2D eigenvalue weighted by molar-refractivity contribution is 5.46. The van der Waals surface area contributed by atoms with Crippen LogP contribution in [0.25, 0.3) is 0 Å². The zero-order chi connectivity index (χ0) is 13.2. The van der Waals surface area contributed by atoms with Gasteiger partial charge in [-0.05, 0) is 6.92 Å². The molecule has 0 aliphatic carbocycles. The van der Waals surface area contributed by atoms with Crippen molar-refractivity contribution < 1.29 is 0 Å². The van der Waals surface area contributed by atoms with Crippen LogP contribution in [-0.2, 0) is 7.05 Å². The summed E-state index contributed by atoms with van der Waals surface area (Å²) in [4.78, 5) is 13.2. The van der Waals surface area contributed by atoms with E-state index in [9.17, 15) is 0 Å². The van der Waals surface area contributed by atoms with Gasteiger partial charge in [-0.2, -0.15) is 5.10 Å². The number of anilines is 2. The fourth-order valence-corrected chi connectivity index (χ4v) is 2.38. The van der Waals surface area contributed by atoms with Crippen LogP contribution in [0.4, 0.5) is 11.5 Å². The normalized spacial score (nSPS) is 15.9. The summed E-state index contributed by atoms with van der Waals surface area (Å²) in [7, 11) is 1.95. The molecule has 0 aromatic carbocycles. The molecule has 6 nitrogen and oxygen atoms in total. The third-order valence-corrected chi connectivity index (χ3v) is 3.45. The van der Waals surface area contributed by atoms with Crippen LogP contribution in [0.15, 0.2) is 24.8 Å². The molecule has 0 bridgehead atoms. The predicted molar refractivity (Wildman–Crippen MR) is 74.4 cm³/mol. The summed E-state index contributed by atoms with van der Waals surface area (Å²) in [5, 5.41) is 4.22. The van der Waals surface area contributed by atoms with Gasteiger partial charge < -0.3 is 9.80 Å². The van der Waals surface area contributed by atoms with Crippen molar-refractivity contribution in [3.63, 3.8) is 0 Å². The maximum Gasteiger partial charge on any atom is 0.132 e. The van der Waals surface area contributed by atoms with Crippen LogP contribution in [0.3, 0.4) is 0 Å². The van der Waals surface area contributed by atoms with E-state index >= 15 is 0 Å². The first-order valence-corrected chi connectivity index (χ1v) is 6.49. The van der Waals surface area contributed by atoms with E-state index in [1.807, 2.05) is 30.9 Å². The maximum absolute atomic E-state index is 4.34. The van der Waals surface area contributed by atoms with E-state index in [2.05, 4.69) is 31.1 Å². The van der Waals surface area contributed by atoms with E-state index < -0.39 is 0 Å². The summed E-state index contributed by atoms with van der Waals surface area (Å²) in [5.41, 5.74) is 2.21. The van der Waals surface area contributed by atoms with E-state index in [1.165, 1.54) is 5.69 Å². The molecule has 1 aliphatic rings. The number of aromatic nitrogens is 4. The second kappa shape index (κ2) is 4.87. The summed E-state index contributed by atoms with van der Waals surface area (Å²) in [6.45, 7) is 5.94. The second-order valence-electron chi connectivity index (χ2n) is 4.86. The van der Waals surface area contributed by atoms with E-state index in [4.69, 9.17) is 0 Å². The Morgan fingerprint density at radius 2 is 1.79 bits per heavy atom. The third kappa shape index (κ3) is 2.52. The van der Waals surface area contributed by atoms with Crippen LogP contribution in [-0.4, -0.2) is 45.9 Å². The van der Waals surface area contributed by atoms with Crippen molar-refractivity contribution in [3.05, 3.63) is 30.5 Å². The molecule has 2 aromatic rings. The molecule has 0 atom stereocenters. The molecule has 1 aliphatic heterocycles. The van der Waals surface area contributed by atoms with Gasteiger partial charge in [0.25, 0.3) is 0 Å². The molecule has 6 heteroatoms. The standard InChI is InChI=1S/C13H18N6/c1-11-7-13(15-10-14-11)19-5-3-18(4-6-19)12-8-16-17(2)9-12/h7-10H,3-6H2,1-2H3. The second-order valence-corrected chi connectivity index (χ2v) is 4.86. The average Bonchev–Trinajstić information content (AvgIpc) is 2.86. The van der Waals surface area contributed by atoms with Gasteiger partial charge in [0.05, 0.1) is 11.9 Å². The van der Waals surface area contributed by atoms with E-state index in [1.54, 1.807) is 6.33 Å². The summed E-state index contributed by atoms with van der Waals surface area (Å²) >= 11 is 0. The monoisotopic (exact) mass is 258 g/mol. The smallest absolute Gasteiger partial charge is 0.132 e. The molecule has 0 N–H and O–H groups in total. The van der Waals surface area contributed by atoms with Gasteiger partial charge in [0.15, 0.2) is 0 Å². The Bertz CT molecular complexity index is 556. The Hall–Kier alpha value is -2.11. The van der Waals surface area contributed by atoms with Crippen LogP contribution in [0, 0.1) is 6.92 Å². The topological polar surface area (TPSA) is 50.1 Å². The lowest BCUT2D eigenvalue weighted by Gasteiger charge is -2.35. The van der Waals surface area contributed by atoms with Crippen LogP contribution in [0.2, 0.25) is 0 Å². The molecule has 100 valence electrons. The molecule has 19 heavy (non-hydrogen) atoms. The van der Waals surface area contributed by atoms with Gasteiger partial charge >= 0.3 is 0 Å². The van der Waals surface area contributed by atoms with Crippen LogP contribution >= 0.6 is 0 Å². The SMILES string of the molecule is Cc1cc(N2CCN(c3cnn(C)c3)CC2)ncn1. The first-order valence-electron chi connectivity index (χ1n) is 6.49. The van der Waals surface area contributed by atoms with Crippen LogP contribution in [0.1, 0.15) is 5.69 Å². The first-order chi connectivity index (χ1) is 9.22. The number of hydrogen-bond donors (Lipinski definition) is 0. The molecule has 0 saturated carbocycles. The highest BCUT2D eigenvalue weighted by Gasteiger charge is 2.19. The third-order valence-electron chi connectivity index (χ3n) is 3.45. The molecule has 0 radical (unpaired) electrons. The van der Waals surface area contributed by atoms with E-state index in [0.29, 0.717) is 0 Å². The van der Waals surface area contributed by atoms with Gasteiger partial charge in [0, 0.05) is 51.2 Å². The zero-order valence-corrected chi connectivity index (χ0v) is 11.3. The summed E-state index contributed by atoms with van der Waals surface area (Å²) in [6.07, 6.45) is 5.62. The number of nitrogens with zero attached hydrogens (tertiary/aromatic N) is 6. The molecule has 3 rings (SSSR count). The molecule has 0 spiro atoms. The summed E-state index contributed by atoms with van der Waals surface area (Å²) < 4.78 is 1.84.